The van der Waals surface area contributed by atoms with Crippen LogP contribution in [0.1, 0.15) is 47.5 Å². The van der Waals surface area contributed by atoms with Crippen molar-refractivity contribution in [2.24, 2.45) is 5.92 Å². The zero-order valence-corrected chi connectivity index (χ0v) is 9.56. The van der Waals surface area contributed by atoms with Gasteiger partial charge in [0.25, 0.3) is 0 Å². The average molecular weight is 170 g/mol. The molecule has 12 heavy (non-hydrogen) atoms. The topological polar surface area (TPSA) is 0 Å². The molecule has 0 nitrogen and oxygen atoms in total. The van der Waals surface area contributed by atoms with Crippen molar-refractivity contribution < 1.29 is 0 Å². The first-order valence-corrected chi connectivity index (χ1v) is 4.78. The summed E-state index contributed by atoms with van der Waals surface area (Å²) in [5, 5.41) is 0. The summed E-state index contributed by atoms with van der Waals surface area (Å²) in [4.78, 5) is 0. The number of allylic oxidation sites excluding steroid dienone is 2. The van der Waals surface area contributed by atoms with E-state index in [-0.39, 0.29) is 0 Å². The van der Waals surface area contributed by atoms with Gasteiger partial charge in [-0.25, -0.2) is 0 Å². The van der Waals surface area contributed by atoms with Gasteiger partial charge in [0.2, 0.25) is 0 Å². The van der Waals surface area contributed by atoms with Gasteiger partial charge in [0, 0.05) is 0 Å². The van der Waals surface area contributed by atoms with Crippen LogP contribution in [0.5, 0.6) is 0 Å². The van der Waals surface area contributed by atoms with Gasteiger partial charge in [-0.1, -0.05) is 53.2 Å². The van der Waals surface area contributed by atoms with Crippen molar-refractivity contribution in [1.29, 1.82) is 0 Å². The van der Waals surface area contributed by atoms with Crippen LogP contribution in [0.2, 0.25) is 0 Å². The monoisotopic (exact) mass is 170 g/mol. The lowest BCUT2D eigenvalue weighted by Gasteiger charge is -1.79. The fraction of sp³-hybridized carbons (Fsp3) is 0.667. The lowest BCUT2D eigenvalue weighted by atomic mass is 10.3. The van der Waals surface area contributed by atoms with Crippen molar-refractivity contribution >= 4 is 0 Å². The molecular weight excluding hydrogens is 144 g/mol. The molecule has 0 heteroatoms. The summed E-state index contributed by atoms with van der Waals surface area (Å²) in [7, 11) is 0. The van der Waals surface area contributed by atoms with E-state index in [4.69, 9.17) is 0 Å². The van der Waals surface area contributed by atoms with Gasteiger partial charge < -0.3 is 0 Å². The lowest BCUT2D eigenvalue weighted by Crippen LogP contribution is -1.66. The third kappa shape index (κ3) is 311. The largest absolute Gasteiger partial charge is 0.103 e. The van der Waals surface area contributed by atoms with Crippen molar-refractivity contribution in [1.82, 2.24) is 0 Å². The molecule has 0 atom stereocenters. The Labute approximate surface area is 79.4 Å². The molecule has 0 N–H and O–H groups in total. The van der Waals surface area contributed by atoms with Gasteiger partial charge in [0.05, 0.1) is 0 Å². The number of hydrogen-bond donors (Lipinski definition) is 0. The van der Waals surface area contributed by atoms with Crippen molar-refractivity contribution in [2.45, 2.75) is 47.5 Å². The van der Waals surface area contributed by atoms with Crippen molar-refractivity contribution in [3.05, 3.63) is 25.3 Å². The first-order chi connectivity index (χ1) is 5.56. The van der Waals surface area contributed by atoms with Crippen molar-refractivity contribution in [3.63, 3.8) is 0 Å². The summed E-state index contributed by atoms with van der Waals surface area (Å²) in [6.45, 7) is 17.7. The molecule has 0 aliphatic carbocycles. The van der Waals surface area contributed by atoms with Crippen LogP contribution >= 0.6 is 0 Å². The van der Waals surface area contributed by atoms with Gasteiger partial charge in [-0.15, -0.1) is 13.2 Å². The highest BCUT2D eigenvalue weighted by atomic mass is 13.7. The molecular formula is C12H26. The zero-order valence-electron chi connectivity index (χ0n) is 9.56. The van der Waals surface area contributed by atoms with Gasteiger partial charge >= 0.3 is 0 Å². The summed E-state index contributed by atoms with van der Waals surface area (Å²) >= 11 is 0. The van der Waals surface area contributed by atoms with Gasteiger partial charge in [0.15, 0.2) is 0 Å². The lowest BCUT2D eigenvalue weighted by molar-refractivity contribution is 0.737. The SMILES string of the molecule is C=CCC=C.CC(C)C.CCC. The third-order valence-electron chi connectivity index (χ3n) is 0.333. The Balaban J connectivity index is -0.000000105. The van der Waals surface area contributed by atoms with Crippen LogP contribution < -0.4 is 0 Å². The van der Waals surface area contributed by atoms with E-state index < -0.39 is 0 Å². The van der Waals surface area contributed by atoms with E-state index in [0.29, 0.717) is 0 Å². The fourth-order valence-corrected chi connectivity index (χ4v) is 0.118. The molecule has 0 aromatic rings. The minimum absolute atomic E-state index is 0.833. The van der Waals surface area contributed by atoms with Crippen LogP contribution in [-0.2, 0) is 0 Å². The highest BCUT2D eigenvalue weighted by molar-refractivity contribution is 4.79. The molecule has 74 valence electrons. The quantitative estimate of drug-likeness (QED) is 0.521. The average Bonchev–Trinajstić information content (AvgIpc) is 1.89. The second kappa shape index (κ2) is 22.4. The van der Waals surface area contributed by atoms with E-state index in [1.165, 1.54) is 6.42 Å². The Morgan fingerprint density at radius 2 is 1.17 bits per heavy atom. The highest BCUT2D eigenvalue weighted by Gasteiger charge is 1.68. The minimum Gasteiger partial charge on any atom is -0.103 e. The Morgan fingerprint density at radius 3 is 1.17 bits per heavy atom. The first kappa shape index (κ1) is 17.5. The summed E-state index contributed by atoms with van der Waals surface area (Å²) in [6.07, 6.45) is 5.79. The molecule has 0 saturated carbocycles. The molecule has 0 rings (SSSR count). The summed E-state index contributed by atoms with van der Waals surface area (Å²) in [6, 6.07) is 0. The molecule has 0 spiro atoms. The predicted molar refractivity (Wildman–Crippen MR) is 61.5 cm³/mol. The second-order valence-corrected chi connectivity index (χ2v) is 3.25. The maximum Gasteiger partial charge on any atom is -0.0175 e. The maximum atomic E-state index is 3.48. The smallest absolute Gasteiger partial charge is 0.0175 e. The van der Waals surface area contributed by atoms with E-state index in [0.717, 1.165) is 12.3 Å². The molecule has 0 aromatic carbocycles. The van der Waals surface area contributed by atoms with Crippen LogP contribution in [0.4, 0.5) is 0 Å². The van der Waals surface area contributed by atoms with Gasteiger partial charge in [0.1, 0.15) is 0 Å². The molecule has 0 unspecified atom stereocenters. The second-order valence-electron chi connectivity index (χ2n) is 3.25. The standard InChI is InChI=1S/C5H8.C4H10.C3H8/c1-3-5-4-2;1-4(2)3;1-3-2/h3-4H,1-2,5H2;4H,1-3H3;3H2,1-2H3. The van der Waals surface area contributed by atoms with E-state index in [1.807, 2.05) is 12.2 Å². The van der Waals surface area contributed by atoms with Crippen LogP contribution in [0.15, 0.2) is 25.3 Å². The van der Waals surface area contributed by atoms with Crippen LogP contribution in [0.25, 0.3) is 0 Å². The number of rotatable bonds is 2. The predicted octanol–water partition coefficient (Wildman–Crippen LogP) is 4.83. The molecule has 0 amide bonds. The normalized spacial score (nSPS) is 7.17. The summed E-state index contributed by atoms with van der Waals surface area (Å²) in [5.41, 5.74) is 0. The van der Waals surface area contributed by atoms with Crippen LogP contribution in [0, 0.1) is 5.92 Å². The van der Waals surface area contributed by atoms with Gasteiger partial charge in [-0.05, 0) is 12.3 Å². The maximum absolute atomic E-state index is 3.48. The summed E-state index contributed by atoms with van der Waals surface area (Å²) in [5.74, 6) is 0.833. The minimum atomic E-state index is 0.833. The molecule has 0 fully saturated rings. The Bertz CT molecular complexity index is 61.4. The molecule has 0 heterocycles. The first-order valence-electron chi connectivity index (χ1n) is 4.78. The Morgan fingerprint density at radius 1 is 1.00 bits per heavy atom. The third-order valence-corrected chi connectivity index (χ3v) is 0.333. The van der Waals surface area contributed by atoms with Crippen LogP contribution in [-0.4, -0.2) is 0 Å². The molecule has 0 saturated heterocycles. The molecule has 0 bridgehead atoms. The van der Waals surface area contributed by atoms with E-state index in [2.05, 4.69) is 47.8 Å². The Hall–Kier alpha value is -0.520. The van der Waals surface area contributed by atoms with E-state index in [9.17, 15) is 0 Å². The van der Waals surface area contributed by atoms with Crippen molar-refractivity contribution in [2.75, 3.05) is 0 Å². The fourth-order valence-electron chi connectivity index (χ4n) is 0.118. The van der Waals surface area contributed by atoms with Crippen LogP contribution in [0.3, 0.4) is 0 Å². The van der Waals surface area contributed by atoms with Crippen molar-refractivity contribution in [3.8, 4) is 0 Å². The van der Waals surface area contributed by atoms with Gasteiger partial charge in [-0.2, -0.15) is 0 Å². The van der Waals surface area contributed by atoms with Gasteiger partial charge in [-0.3, -0.25) is 0 Å². The molecule has 0 aliphatic rings. The highest BCUT2D eigenvalue weighted by Crippen LogP contribution is 1.81. The van der Waals surface area contributed by atoms with E-state index in [1.54, 1.807) is 0 Å². The molecule has 0 aliphatic heterocycles. The summed E-state index contributed by atoms with van der Waals surface area (Å²) < 4.78 is 0. The molecule has 0 radical (unpaired) electrons. The molecule has 0 aromatic heterocycles. The zero-order chi connectivity index (χ0) is 10.4. The van der Waals surface area contributed by atoms with E-state index >= 15 is 0 Å². The number of hydrogen-bond acceptors (Lipinski definition) is 0. The Kier molecular flexibility index (Phi) is 32.8.